The van der Waals surface area contributed by atoms with Crippen LogP contribution in [0.3, 0.4) is 0 Å². The first-order valence-electron chi connectivity index (χ1n) is 4.35. The van der Waals surface area contributed by atoms with Crippen molar-refractivity contribution in [1.82, 2.24) is 15.2 Å². The molecule has 0 aliphatic carbocycles. The van der Waals surface area contributed by atoms with Crippen LogP contribution in [-0.2, 0) is 5.75 Å². The highest BCUT2D eigenvalue weighted by Crippen LogP contribution is 2.20. The fourth-order valence-corrected chi connectivity index (χ4v) is 1.89. The lowest BCUT2D eigenvalue weighted by molar-refractivity contribution is 0.929. The summed E-state index contributed by atoms with van der Waals surface area (Å²) in [6.45, 7) is 0. The lowest BCUT2D eigenvalue weighted by atomic mass is 10.3. The van der Waals surface area contributed by atoms with Gasteiger partial charge in [-0.15, -0.1) is 10.2 Å². The van der Waals surface area contributed by atoms with Crippen LogP contribution in [0.15, 0.2) is 41.7 Å². The van der Waals surface area contributed by atoms with Crippen molar-refractivity contribution in [2.75, 3.05) is 0 Å². The van der Waals surface area contributed by atoms with Crippen LogP contribution >= 0.6 is 23.4 Å². The van der Waals surface area contributed by atoms with Crippen LogP contribution in [0.25, 0.3) is 0 Å². The van der Waals surface area contributed by atoms with E-state index in [-0.39, 0.29) is 0 Å². The molecule has 0 fully saturated rings. The second-order valence-corrected chi connectivity index (χ2v) is 4.22. The van der Waals surface area contributed by atoms with Gasteiger partial charge in [0.1, 0.15) is 5.03 Å². The number of hydrogen-bond acceptors (Lipinski definition) is 4. The second kappa shape index (κ2) is 5.09. The van der Waals surface area contributed by atoms with Crippen molar-refractivity contribution in [2.45, 2.75) is 10.8 Å². The summed E-state index contributed by atoms with van der Waals surface area (Å²) in [5.74, 6) is 0.860. The molecule has 0 amide bonds. The van der Waals surface area contributed by atoms with Crippen molar-refractivity contribution in [1.29, 1.82) is 0 Å². The van der Waals surface area contributed by atoms with Crippen molar-refractivity contribution in [3.05, 3.63) is 47.4 Å². The maximum Gasteiger partial charge on any atom is 0.151 e. The Balaban J connectivity index is 1.96. The van der Waals surface area contributed by atoms with E-state index in [0.29, 0.717) is 5.15 Å². The van der Waals surface area contributed by atoms with Crippen molar-refractivity contribution in [3.63, 3.8) is 0 Å². The summed E-state index contributed by atoms with van der Waals surface area (Å²) >= 11 is 7.26. The zero-order valence-corrected chi connectivity index (χ0v) is 9.37. The van der Waals surface area contributed by atoms with E-state index < -0.39 is 0 Å². The molecule has 5 heteroatoms. The Labute approximate surface area is 96.9 Å². The van der Waals surface area contributed by atoms with Crippen LogP contribution in [0.1, 0.15) is 5.56 Å². The number of hydrogen-bond donors (Lipinski definition) is 0. The Kier molecular flexibility index (Phi) is 3.53. The molecule has 76 valence electrons. The molecule has 0 atom stereocenters. The molecule has 2 aromatic rings. The predicted molar refractivity (Wildman–Crippen MR) is 60.8 cm³/mol. The molecule has 2 rings (SSSR count). The second-order valence-electron chi connectivity index (χ2n) is 2.84. The number of thioether (sulfide) groups is 1. The lowest BCUT2D eigenvalue weighted by Gasteiger charge is -1.99. The fraction of sp³-hybridized carbons (Fsp3) is 0.100. The van der Waals surface area contributed by atoms with Crippen molar-refractivity contribution in [3.8, 4) is 0 Å². The summed E-state index contributed by atoms with van der Waals surface area (Å²) in [6, 6.07) is 7.57. The molecule has 0 unspecified atom stereocenters. The molecule has 0 radical (unpaired) electrons. The molecular formula is C10H8ClN3S. The smallest absolute Gasteiger partial charge is 0.151 e. The Morgan fingerprint density at radius 3 is 2.53 bits per heavy atom. The first-order chi connectivity index (χ1) is 7.34. The molecule has 0 aliphatic heterocycles. The van der Waals surface area contributed by atoms with Gasteiger partial charge in [-0.2, -0.15) is 0 Å². The Bertz CT molecular complexity index is 418. The monoisotopic (exact) mass is 237 g/mol. The van der Waals surface area contributed by atoms with Gasteiger partial charge in [-0.05, 0) is 29.8 Å². The summed E-state index contributed by atoms with van der Waals surface area (Å²) < 4.78 is 0. The van der Waals surface area contributed by atoms with E-state index in [9.17, 15) is 0 Å². The number of nitrogens with zero attached hydrogens (tertiary/aromatic N) is 3. The van der Waals surface area contributed by atoms with E-state index >= 15 is 0 Å². The van der Waals surface area contributed by atoms with E-state index in [4.69, 9.17) is 11.6 Å². The Morgan fingerprint density at radius 2 is 1.87 bits per heavy atom. The van der Waals surface area contributed by atoms with Gasteiger partial charge in [-0.25, -0.2) is 0 Å². The molecule has 2 aromatic heterocycles. The molecule has 0 saturated heterocycles. The third-order valence-corrected chi connectivity index (χ3v) is 2.94. The van der Waals surface area contributed by atoms with E-state index in [0.717, 1.165) is 10.8 Å². The molecule has 15 heavy (non-hydrogen) atoms. The molecule has 0 saturated carbocycles. The van der Waals surface area contributed by atoms with E-state index in [2.05, 4.69) is 15.2 Å². The Morgan fingerprint density at radius 1 is 1.07 bits per heavy atom. The zero-order chi connectivity index (χ0) is 10.5. The van der Waals surface area contributed by atoms with Crippen LogP contribution in [0, 0.1) is 0 Å². The highest BCUT2D eigenvalue weighted by molar-refractivity contribution is 7.98. The minimum atomic E-state index is 0.420. The van der Waals surface area contributed by atoms with Gasteiger partial charge < -0.3 is 0 Å². The molecule has 0 N–H and O–H groups in total. The largest absolute Gasteiger partial charge is 0.265 e. The minimum Gasteiger partial charge on any atom is -0.265 e. The molecule has 0 aliphatic rings. The van der Waals surface area contributed by atoms with Gasteiger partial charge in [-0.3, -0.25) is 4.98 Å². The molecule has 0 bridgehead atoms. The van der Waals surface area contributed by atoms with Gasteiger partial charge in [0.25, 0.3) is 0 Å². The van der Waals surface area contributed by atoms with Gasteiger partial charge in [0.05, 0.1) is 0 Å². The predicted octanol–water partition coefficient (Wildman–Crippen LogP) is 2.82. The van der Waals surface area contributed by atoms with Gasteiger partial charge in [0.15, 0.2) is 5.15 Å². The SMILES string of the molecule is Clc1ccc(SCc2ccncc2)nn1. The third kappa shape index (κ3) is 3.18. The zero-order valence-electron chi connectivity index (χ0n) is 7.80. The summed E-state index contributed by atoms with van der Waals surface area (Å²) in [4.78, 5) is 3.96. The van der Waals surface area contributed by atoms with E-state index in [1.54, 1.807) is 30.2 Å². The van der Waals surface area contributed by atoms with Gasteiger partial charge in [0.2, 0.25) is 0 Å². The molecule has 3 nitrogen and oxygen atoms in total. The normalized spacial score (nSPS) is 10.2. The van der Waals surface area contributed by atoms with Crippen LogP contribution < -0.4 is 0 Å². The van der Waals surface area contributed by atoms with Crippen molar-refractivity contribution < 1.29 is 0 Å². The third-order valence-electron chi connectivity index (χ3n) is 1.74. The van der Waals surface area contributed by atoms with Gasteiger partial charge in [-0.1, -0.05) is 23.4 Å². The quantitative estimate of drug-likeness (QED) is 0.770. The lowest BCUT2D eigenvalue weighted by Crippen LogP contribution is -1.86. The van der Waals surface area contributed by atoms with Crippen LogP contribution in [0.4, 0.5) is 0 Å². The molecule has 2 heterocycles. The number of pyridine rings is 1. The fourth-order valence-electron chi connectivity index (χ4n) is 1.02. The molecular weight excluding hydrogens is 230 g/mol. The van der Waals surface area contributed by atoms with E-state index in [1.165, 1.54) is 5.56 Å². The van der Waals surface area contributed by atoms with Crippen molar-refractivity contribution in [2.24, 2.45) is 0 Å². The number of aromatic nitrogens is 3. The van der Waals surface area contributed by atoms with Crippen LogP contribution in [-0.4, -0.2) is 15.2 Å². The average molecular weight is 238 g/mol. The highest BCUT2D eigenvalue weighted by Gasteiger charge is 1.98. The molecule has 0 spiro atoms. The highest BCUT2D eigenvalue weighted by atomic mass is 35.5. The van der Waals surface area contributed by atoms with Gasteiger partial charge >= 0.3 is 0 Å². The van der Waals surface area contributed by atoms with Gasteiger partial charge in [0, 0.05) is 18.1 Å². The van der Waals surface area contributed by atoms with E-state index in [1.807, 2.05) is 18.2 Å². The Hall–Kier alpha value is -1.13. The summed E-state index contributed by atoms with van der Waals surface area (Å²) in [5, 5.41) is 9.02. The topological polar surface area (TPSA) is 38.7 Å². The van der Waals surface area contributed by atoms with Crippen molar-refractivity contribution >= 4 is 23.4 Å². The maximum atomic E-state index is 5.64. The molecule has 0 aromatic carbocycles. The minimum absolute atomic E-state index is 0.420. The summed E-state index contributed by atoms with van der Waals surface area (Å²) in [6.07, 6.45) is 3.56. The maximum absolute atomic E-state index is 5.64. The summed E-state index contributed by atoms with van der Waals surface area (Å²) in [7, 11) is 0. The summed E-state index contributed by atoms with van der Waals surface area (Å²) in [5.41, 5.74) is 1.21. The first kappa shape index (κ1) is 10.4. The standard InChI is InChI=1S/C10H8ClN3S/c11-9-1-2-10(14-13-9)15-7-8-3-5-12-6-4-8/h1-6H,7H2. The van der Waals surface area contributed by atoms with Crippen LogP contribution in [0.5, 0.6) is 0 Å². The average Bonchev–Trinajstić information content (AvgIpc) is 2.30. The number of rotatable bonds is 3. The van der Waals surface area contributed by atoms with Crippen LogP contribution in [0.2, 0.25) is 5.15 Å². The number of halogens is 1. The first-order valence-corrected chi connectivity index (χ1v) is 5.72.